The topological polar surface area (TPSA) is 98.4 Å². The number of carboxylic acids is 1. The van der Waals surface area contributed by atoms with Gasteiger partial charge in [-0.05, 0) is 24.6 Å². The van der Waals surface area contributed by atoms with E-state index >= 15 is 0 Å². The molecule has 1 heterocycles. The van der Waals surface area contributed by atoms with Gasteiger partial charge < -0.3 is 15.7 Å². The number of para-hydroxylation sites is 1. The van der Waals surface area contributed by atoms with E-state index in [9.17, 15) is 9.90 Å². The highest BCUT2D eigenvalue weighted by molar-refractivity contribution is 6.62. The Morgan fingerprint density at radius 1 is 1.28 bits per heavy atom. The Labute approximate surface area is 169 Å². The quantitative estimate of drug-likeness (QED) is 0.552. The molecule has 29 heavy (non-hydrogen) atoms. The van der Waals surface area contributed by atoms with Gasteiger partial charge in [0.1, 0.15) is 11.3 Å². The first kappa shape index (κ1) is 19.8. The predicted octanol–water partition coefficient (Wildman–Crippen LogP) is 3.58. The van der Waals surface area contributed by atoms with Crippen LogP contribution in [-0.2, 0) is 0 Å². The van der Waals surface area contributed by atoms with Gasteiger partial charge in [0.15, 0.2) is 5.84 Å². The number of hydrogen-bond acceptors (Lipinski definition) is 4. The van der Waals surface area contributed by atoms with E-state index in [-0.39, 0.29) is 5.56 Å². The highest BCUT2D eigenvalue weighted by Crippen LogP contribution is 2.31. The number of carbonyl (C=O) groups is 1. The second-order valence-electron chi connectivity index (χ2n) is 6.24. The minimum absolute atomic E-state index is 0.0137. The number of benzene rings is 1. The summed E-state index contributed by atoms with van der Waals surface area (Å²) in [6.45, 7) is 6.92. The Kier molecular flexibility index (Phi) is 6.05. The van der Waals surface area contributed by atoms with Crippen LogP contribution < -0.4 is 10.6 Å². The minimum atomic E-state index is -1.09. The molecule has 0 radical (unpaired) electrons. The average molecular weight is 387 g/mol. The van der Waals surface area contributed by atoms with Crippen LogP contribution in [0.15, 0.2) is 58.0 Å². The molecule has 2 aromatic rings. The van der Waals surface area contributed by atoms with E-state index in [0.717, 1.165) is 18.7 Å². The molecule has 0 aromatic heterocycles. The Balaban J connectivity index is 2.09. The maximum atomic E-state index is 11.3. The van der Waals surface area contributed by atoms with Gasteiger partial charge in [0.05, 0.1) is 11.3 Å². The van der Waals surface area contributed by atoms with Gasteiger partial charge in [-0.1, -0.05) is 43.8 Å². The zero-order valence-electron chi connectivity index (χ0n) is 16.3. The summed E-state index contributed by atoms with van der Waals surface area (Å²) in [4.78, 5) is 24.7. The van der Waals surface area contributed by atoms with Gasteiger partial charge in [-0.25, -0.2) is 14.8 Å². The van der Waals surface area contributed by atoms with Gasteiger partial charge in [0.2, 0.25) is 5.96 Å². The minimum Gasteiger partial charge on any atom is -0.477 e. The predicted molar refractivity (Wildman–Crippen MR) is 116 cm³/mol. The Hall–Kier alpha value is -3.92. The lowest BCUT2D eigenvalue weighted by Gasteiger charge is -2.20. The van der Waals surface area contributed by atoms with Crippen molar-refractivity contribution in [2.45, 2.75) is 13.3 Å². The van der Waals surface area contributed by atoms with Gasteiger partial charge in [0.25, 0.3) is 0 Å². The lowest BCUT2D eigenvalue weighted by Crippen LogP contribution is -2.31. The van der Waals surface area contributed by atoms with Crippen molar-refractivity contribution in [1.82, 2.24) is 5.32 Å². The Morgan fingerprint density at radius 2 is 2.03 bits per heavy atom. The zero-order chi connectivity index (χ0) is 20.8. The van der Waals surface area contributed by atoms with E-state index in [0.29, 0.717) is 34.3 Å². The number of hydrogen-bond donors (Lipinski definition) is 3. The number of carboxylic acid groups (broad SMARTS) is 1. The Morgan fingerprint density at radius 3 is 2.69 bits per heavy atom. The van der Waals surface area contributed by atoms with Crippen LogP contribution in [0.1, 0.15) is 29.3 Å². The highest BCUT2D eigenvalue weighted by atomic mass is 16.4. The maximum absolute atomic E-state index is 11.3. The normalized spacial score (nSPS) is 14.7. The molecule has 0 amide bonds. The molecule has 1 aliphatic heterocycles. The number of guanidine groups is 1. The number of nitrogens with one attached hydrogen (secondary N) is 2. The number of aromatic carboxylic acids is 1. The molecule has 7 heteroatoms. The van der Waals surface area contributed by atoms with Crippen LogP contribution in [0.25, 0.3) is 5.57 Å². The van der Waals surface area contributed by atoms with Crippen molar-refractivity contribution in [3.8, 4) is 0 Å². The standard InChI is InChI=1S/C22H21N5O2/c1-4-12-24-22(23-3)27-19-14(2)17-11-10-15(21(28)29)13-18(17)26-20(19)25-16-8-6-5-7-9-16/h5-9,13H,2,4,12H2,1,3H3,(H,23,24)(H,25,26)(H,28,29)/b27-19+. The highest BCUT2D eigenvalue weighted by Gasteiger charge is 2.24. The first-order valence-electron chi connectivity index (χ1n) is 9.15. The first-order chi connectivity index (χ1) is 14.0. The molecule has 0 fully saturated rings. The van der Waals surface area contributed by atoms with Crippen molar-refractivity contribution in [3.05, 3.63) is 66.2 Å². The number of anilines is 1. The van der Waals surface area contributed by atoms with Crippen molar-refractivity contribution < 1.29 is 9.90 Å². The summed E-state index contributed by atoms with van der Waals surface area (Å²) in [6, 6.07) is 16.5. The lowest BCUT2D eigenvalue weighted by molar-refractivity contribution is 0.0697. The van der Waals surface area contributed by atoms with Gasteiger partial charge in [-0.15, -0.1) is 0 Å². The van der Waals surface area contributed by atoms with E-state index in [2.05, 4.69) is 51.2 Å². The van der Waals surface area contributed by atoms with Gasteiger partial charge in [-0.2, -0.15) is 0 Å². The van der Waals surface area contributed by atoms with Gasteiger partial charge in [-0.3, -0.25) is 4.99 Å². The summed E-state index contributed by atoms with van der Waals surface area (Å²) in [6.07, 6.45) is 0.928. The average Bonchev–Trinajstić information content (AvgIpc) is 2.73. The maximum Gasteiger partial charge on any atom is 0.344 e. The second kappa shape index (κ2) is 8.85. The smallest absolute Gasteiger partial charge is 0.344 e. The molecule has 0 unspecified atom stereocenters. The van der Waals surface area contributed by atoms with Crippen molar-refractivity contribution in [2.75, 3.05) is 18.9 Å². The second-order valence-corrected chi connectivity index (χ2v) is 6.24. The summed E-state index contributed by atoms with van der Waals surface area (Å²) >= 11 is 0. The molecule has 1 aliphatic rings. The molecular weight excluding hydrogens is 366 g/mol. The SMILES string of the molecule is C=C1/C(=N\C(=N/C)NCCC)C(Nc2ccccc2)=Nc2cc(C(=O)O)c#cc21. The molecule has 0 spiro atoms. The summed E-state index contributed by atoms with van der Waals surface area (Å²) < 4.78 is 0. The van der Waals surface area contributed by atoms with Crippen LogP contribution in [0.3, 0.4) is 0 Å². The molecule has 0 aliphatic carbocycles. The molecule has 7 nitrogen and oxygen atoms in total. The monoisotopic (exact) mass is 387 g/mol. The third-order valence-corrected chi connectivity index (χ3v) is 4.13. The number of rotatable bonds is 4. The van der Waals surface area contributed by atoms with E-state index in [1.165, 1.54) is 6.07 Å². The van der Waals surface area contributed by atoms with E-state index in [1.54, 1.807) is 7.05 Å². The third-order valence-electron chi connectivity index (χ3n) is 4.13. The zero-order valence-corrected chi connectivity index (χ0v) is 16.3. The van der Waals surface area contributed by atoms with Crippen molar-refractivity contribution in [1.29, 1.82) is 0 Å². The molecule has 0 saturated carbocycles. The molecule has 3 N–H and O–H groups in total. The van der Waals surface area contributed by atoms with Crippen LogP contribution in [0.2, 0.25) is 0 Å². The van der Waals surface area contributed by atoms with E-state index in [1.807, 2.05) is 30.3 Å². The summed E-state index contributed by atoms with van der Waals surface area (Å²) in [5.41, 5.74) is 2.86. The van der Waals surface area contributed by atoms with Crippen LogP contribution in [0.5, 0.6) is 0 Å². The van der Waals surface area contributed by atoms with Crippen LogP contribution >= 0.6 is 0 Å². The number of fused-ring (bicyclic) bond motifs is 1. The van der Waals surface area contributed by atoms with E-state index in [4.69, 9.17) is 0 Å². The van der Waals surface area contributed by atoms with Crippen molar-refractivity contribution >= 4 is 40.4 Å². The largest absolute Gasteiger partial charge is 0.477 e. The van der Waals surface area contributed by atoms with Crippen molar-refractivity contribution in [3.63, 3.8) is 0 Å². The summed E-state index contributed by atoms with van der Waals surface area (Å²) in [5.74, 6) is -0.185. The molecular formula is C22H21N5O2. The van der Waals surface area contributed by atoms with Crippen molar-refractivity contribution in [2.24, 2.45) is 15.0 Å². The third kappa shape index (κ3) is 4.50. The molecule has 0 saturated heterocycles. The van der Waals surface area contributed by atoms with E-state index < -0.39 is 5.97 Å². The van der Waals surface area contributed by atoms with Crippen LogP contribution in [-0.4, -0.2) is 42.2 Å². The molecule has 146 valence electrons. The van der Waals surface area contributed by atoms with Crippen LogP contribution in [0, 0.1) is 12.1 Å². The molecule has 3 rings (SSSR count). The van der Waals surface area contributed by atoms with Gasteiger partial charge in [0, 0.05) is 24.9 Å². The fraction of sp³-hybridized carbons (Fsp3) is 0.182. The van der Waals surface area contributed by atoms with Gasteiger partial charge >= 0.3 is 5.97 Å². The fourth-order valence-corrected chi connectivity index (χ4v) is 2.68. The Bertz CT molecular complexity index is 1020. The fourth-order valence-electron chi connectivity index (χ4n) is 2.68. The lowest BCUT2D eigenvalue weighted by atomic mass is 9.97. The number of amidine groups is 1. The summed E-state index contributed by atoms with van der Waals surface area (Å²) in [7, 11) is 1.65. The number of nitrogens with zero attached hydrogens (tertiary/aromatic N) is 3. The molecule has 2 aromatic carbocycles. The first-order valence-corrected chi connectivity index (χ1v) is 9.15. The van der Waals surface area contributed by atoms with Crippen LogP contribution in [0.4, 0.5) is 11.4 Å². The molecule has 0 bridgehead atoms. The molecule has 0 atom stereocenters. The number of aliphatic imine (C=N–C) groups is 3. The summed E-state index contributed by atoms with van der Waals surface area (Å²) in [5, 5.41) is 15.7.